The van der Waals surface area contributed by atoms with E-state index >= 15 is 0 Å². The molecule has 1 saturated heterocycles. The summed E-state index contributed by atoms with van der Waals surface area (Å²) in [5, 5.41) is 12.4. The number of aliphatic hydroxyl groups is 1. The van der Waals surface area contributed by atoms with E-state index in [0.29, 0.717) is 23.6 Å². The molecule has 1 fully saturated rings. The van der Waals surface area contributed by atoms with E-state index in [4.69, 9.17) is 4.74 Å². The summed E-state index contributed by atoms with van der Waals surface area (Å²) in [6.07, 6.45) is 2.82. The van der Waals surface area contributed by atoms with Crippen LogP contribution >= 0.6 is 0 Å². The standard InChI is InChI=1S/C31H30N2O4/c1-5-14-37-23-12-10-21(11-13-23)29(34)27-28(25-18-32(4)26-9-7-6-8-24(25)26)33(31(36)30(27)35)22-16-19(2)15-20(3)17-22/h6-13,15-18,28,34H,5,14H2,1-4H3/b29-27+. The molecular weight excluding hydrogens is 464 g/mol. The number of nitrogens with zero attached hydrogens (tertiary/aromatic N) is 2. The number of anilines is 1. The van der Waals surface area contributed by atoms with Gasteiger partial charge in [-0.15, -0.1) is 0 Å². The van der Waals surface area contributed by atoms with E-state index in [2.05, 4.69) is 0 Å². The number of aromatic nitrogens is 1. The lowest BCUT2D eigenvalue weighted by Crippen LogP contribution is -2.29. The summed E-state index contributed by atoms with van der Waals surface area (Å²) < 4.78 is 7.64. The molecule has 0 bridgehead atoms. The van der Waals surface area contributed by atoms with Crippen molar-refractivity contribution < 1.29 is 19.4 Å². The highest BCUT2D eigenvalue weighted by molar-refractivity contribution is 6.52. The number of ketones is 1. The summed E-state index contributed by atoms with van der Waals surface area (Å²) >= 11 is 0. The molecule has 37 heavy (non-hydrogen) atoms. The van der Waals surface area contributed by atoms with Gasteiger partial charge in [0.1, 0.15) is 11.5 Å². The number of amides is 1. The highest BCUT2D eigenvalue weighted by Gasteiger charge is 2.48. The number of rotatable bonds is 6. The summed E-state index contributed by atoms with van der Waals surface area (Å²) in [7, 11) is 1.93. The summed E-state index contributed by atoms with van der Waals surface area (Å²) in [4.78, 5) is 28.7. The van der Waals surface area contributed by atoms with Gasteiger partial charge in [0.15, 0.2) is 0 Å². The highest BCUT2D eigenvalue weighted by Crippen LogP contribution is 2.45. The van der Waals surface area contributed by atoms with Crippen LogP contribution in [0, 0.1) is 13.8 Å². The smallest absolute Gasteiger partial charge is 0.300 e. The third-order valence-corrected chi connectivity index (χ3v) is 6.75. The van der Waals surface area contributed by atoms with Crippen molar-refractivity contribution in [3.05, 3.63) is 101 Å². The van der Waals surface area contributed by atoms with Crippen LogP contribution in [0.3, 0.4) is 0 Å². The molecule has 188 valence electrons. The minimum Gasteiger partial charge on any atom is -0.507 e. The van der Waals surface area contributed by atoms with Crippen molar-refractivity contribution in [2.75, 3.05) is 11.5 Å². The number of carbonyl (C=O) groups is 2. The second-order valence-corrected chi connectivity index (χ2v) is 9.60. The zero-order valence-electron chi connectivity index (χ0n) is 21.5. The first-order chi connectivity index (χ1) is 17.8. The fourth-order valence-corrected chi connectivity index (χ4v) is 5.16. The van der Waals surface area contributed by atoms with Crippen molar-refractivity contribution in [1.29, 1.82) is 0 Å². The molecular formula is C31H30N2O4. The van der Waals surface area contributed by atoms with Crippen molar-refractivity contribution in [2.24, 2.45) is 7.05 Å². The van der Waals surface area contributed by atoms with Gasteiger partial charge in [0.2, 0.25) is 0 Å². The molecule has 4 aromatic rings. The normalized spacial score (nSPS) is 17.1. The fourth-order valence-electron chi connectivity index (χ4n) is 5.16. The van der Waals surface area contributed by atoms with Crippen LogP contribution in [0.2, 0.25) is 0 Å². The van der Waals surface area contributed by atoms with Gasteiger partial charge in [0, 0.05) is 41.0 Å². The Labute approximate surface area is 216 Å². The largest absolute Gasteiger partial charge is 0.507 e. The maximum Gasteiger partial charge on any atom is 0.300 e. The SMILES string of the molecule is CCCOc1ccc(/C(O)=C2\C(=O)C(=O)N(c3cc(C)cc(C)c3)C2c2cn(C)c3ccccc23)cc1. The maximum atomic E-state index is 13.6. The monoisotopic (exact) mass is 494 g/mol. The fraction of sp³-hybridized carbons (Fsp3) is 0.226. The van der Waals surface area contributed by atoms with Gasteiger partial charge >= 0.3 is 0 Å². The van der Waals surface area contributed by atoms with Crippen molar-refractivity contribution >= 4 is 34.0 Å². The van der Waals surface area contributed by atoms with Gasteiger partial charge in [-0.1, -0.05) is 31.2 Å². The van der Waals surface area contributed by atoms with Crippen LogP contribution in [0.1, 0.15) is 41.6 Å². The quantitative estimate of drug-likeness (QED) is 0.197. The molecule has 1 N–H and O–H groups in total. The van der Waals surface area contributed by atoms with E-state index in [1.54, 1.807) is 24.3 Å². The Morgan fingerprint density at radius 3 is 2.32 bits per heavy atom. The molecule has 0 radical (unpaired) electrons. The second-order valence-electron chi connectivity index (χ2n) is 9.60. The number of aryl methyl sites for hydroxylation is 3. The van der Waals surface area contributed by atoms with Crippen LogP contribution in [-0.4, -0.2) is 28.0 Å². The third kappa shape index (κ3) is 4.29. The summed E-state index contributed by atoms with van der Waals surface area (Å²) in [6.45, 7) is 6.54. The molecule has 3 aromatic carbocycles. The van der Waals surface area contributed by atoms with E-state index in [1.807, 2.05) is 81.0 Å². The molecule has 1 amide bonds. The number of hydrogen-bond acceptors (Lipinski definition) is 4. The maximum absolute atomic E-state index is 13.6. The molecule has 0 saturated carbocycles. The van der Waals surface area contributed by atoms with Crippen LogP contribution in [0.25, 0.3) is 16.7 Å². The highest BCUT2D eigenvalue weighted by atomic mass is 16.5. The summed E-state index contributed by atoms with van der Waals surface area (Å²) in [5.41, 5.74) is 4.87. The number of hydrogen-bond donors (Lipinski definition) is 1. The van der Waals surface area contributed by atoms with E-state index in [9.17, 15) is 14.7 Å². The van der Waals surface area contributed by atoms with Gasteiger partial charge in [0.25, 0.3) is 11.7 Å². The molecule has 2 heterocycles. The van der Waals surface area contributed by atoms with Gasteiger partial charge in [0.05, 0.1) is 18.2 Å². The molecule has 1 atom stereocenters. The molecule has 1 aliphatic rings. The number of ether oxygens (including phenoxy) is 1. The van der Waals surface area contributed by atoms with Crippen molar-refractivity contribution in [1.82, 2.24) is 4.57 Å². The predicted molar refractivity (Wildman–Crippen MR) is 146 cm³/mol. The minimum absolute atomic E-state index is 0.0720. The third-order valence-electron chi connectivity index (χ3n) is 6.75. The molecule has 1 unspecified atom stereocenters. The van der Waals surface area contributed by atoms with E-state index in [0.717, 1.165) is 34.0 Å². The molecule has 1 aromatic heterocycles. The number of para-hydroxylation sites is 1. The molecule has 0 spiro atoms. The Morgan fingerprint density at radius 1 is 0.973 bits per heavy atom. The Balaban J connectivity index is 1.73. The average molecular weight is 495 g/mol. The zero-order chi connectivity index (χ0) is 26.3. The first-order valence-electron chi connectivity index (χ1n) is 12.5. The number of benzene rings is 3. The topological polar surface area (TPSA) is 71.8 Å². The van der Waals surface area contributed by atoms with E-state index < -0.39 is 17.7 Å². The number of carbonyl (C=O) groups excluding carboxylic acids is 2. The first kappa shape index (κ1) is 24.4. The van der Waals surface area contributed by atoms with Gasteiger partial charge in [-0.2, -0.15) is 0 Å². The van der Waals surface area contributed by atoms with Crippen molar-refractivity contribution in [2.45, 2.75) is 33.2 Å². The minimum atomic E-state index is -0.789. The van der Waals surface area contributed by atoms with Crippen LogP contribution in [0.15, 0.2) is 78.5 Å². The molecule has 1 aliphatic heterocycles. The molecule has 6 nitrogen and oxygen atoms in total. The van der Waals surface area contributed by atoms with Crippen LogP contribution in [0.4, 0.5) is 5.69 Å². The second kappa shape index (κ2) is 9.62. The Kier molecular flexibility index (Phi) is 6.34. The molecule has 0 aliphatic carbocycles. The predicted octanol–water partition coefficient (Wildman–Crippen LogP) is 6.21. The van der Waals surface area contributed by atoms with Crippen LogP contribution in [-0.2, 0) is 16.6 Å². The number of aliphatic hydroxyl groups excluding tert-OH is 1. The first-order valence-corrected chi connectivity index (χ1v) is 12.5. The van der Waals surface area contributed by atoms with E-state index in [1.165, 1.54) is 4.90 Å². The van der Waals surface area contributed by atoms with Crippen molar-refractivity contribution in [3.63, 3.8) is 0 Å². The number of Topliss-reactive ketones (excluding diaryl/α,β-unsaturated/α-hetero) is 1. The number of fused-ring (bicyclic) bond motifs is 1. The lowest BCUT2D eigenvalue weighted by Gasteiger charge is -2.25. The Hall–Kier alpha value is -4.32. The lowest BCUT2D eigenvalue weighted by molar-refractivity contribution is -0.132. The summed E-state index contributed by atoms with van der Waals surface area (Å²) in [6, 6.07) is 19.8. The average Bonchev–Trinajstić information content (AvgIpc) is 3.35. The zero-order valence-corrected chi connectivity index (χ0v) is 21.5. The lowest BCUT2D eigenvalue weighted by atomic mass is 9.94. The van der Waals surface area contributed by atoms with Gasteiger partial charge in [-0.05, 0) is 73.9 Å². The van der Waals surface area contributed by atoms with Crippen molar-refractivity contribution in [3.8, 4) is 5.75 Å². The molecule has 6 heteroatoms. The Bertz CT molecular complexity index is 1530. The van der Waals surface area contributed by atoms with Gasteiger partial charge < -0.3 is 14.4 Å². The Morgan fingerprint density at radius 2 is 1.65 bits per heavy atom. The van der Waals surface area contributed by atoms with Gasteiger partial charge in [-0.25, -0.2) is 0 Å². The van der Waals surface area contributed by atoms with Crippen LogP contribution in [0.5, 0.6) is 5.75 Å². The van der Waals surface area contributed by atoms with Gasteiger partial charge in [-0.3, -0.25) is 14.5 Å². The summed E-state index contributed by atoms with van der Waals surface area (Å²) in [5.74, 6) is -0.891. The molecule has 5 rings (SSSR count). The van der Waals surface area contributed by atoms with Crippen LogP contribution < -0.4 is 9.64 Å². The van der Waals surface area contributed by atoms with E-state index in [-0.39, 0.29) is 11.3 Å².